The summed E-state index contributed by atoms with van der Waals surface area (Å²) >= 11 is 1.61. The average Bonchev–Trinajstić information content (AvgIpc) is 2.35. The molecule has 0 aromatic heterocycles. The third-order valence-corrected chi connectivity index (χ3v) is 3.08. The van der Waals surface area contributed by atoms with Crippen LogP contribution in [0.25, 0.3) is 0 Å². The number of carboxylic acid groups (broad SMARTS) is 1. The van der Waals surface area contributed by atoms with E-state index in [9.17, 15) is 9.18 Å². The lowest BCUT2D eigenvalue weighted by atomic mass is 10.1. The fourth-order valence-electron chi connectivity index (χ4n) is 1.34. The summed E-state index contributed by atoms with van der Waals surface area (Å²) in [5, 5.41) is 11.8. The first-order valence-corrected chi connectivity index (χ1v) is 6.54. The van der Waals surface area contributed by atoms with Gasteiger partial charge in [0.1, 0.15) is 5.82 Å². The van der Waals surface area contributed by atoms with E-state index < -0.39 is 11.8 Å². The Morgan fingerprint density at radius 2 is 2.33 bits per heavy atom. The number of carboxylic acids is 1. The van der Waals surface area contributed by atoms with Crippen LogP contribution in [-0.2, 0) is 6.54 Å². The minimum atomic E-state index is -1.05. The predicted octanol–water partition coefficient (Wildman–Crippen LogP) is 1.98. The second-order valence-electron chi connectivity index (χ2n) is 3.54. The van der Waals surface area contributed by atoms with Crippen LogP contribution in [0.3, 0.4) is 0 Å². The summed E-state index contributed by atoms with van der Waals surface area (Å²) in [6, 6.07) is 3.77. The van der Waals surface area contributed by atoms with Gasteiger partial charge in [0.05, 0.1) is 11.3 Å². The smallest absolute Gasteiger partial charge is 0.335 e. The van der Waals surface area contributed by atoms with E-state index in [1.807, 2.05) is 0 Å². The second-order valence-corrected chi connectivity index (χ2v) is 4.65. The second kappa shape index (κ2) is 7.75. The fourth-order valence-corrected chi connectivity index (χ4v) is 1.89. The SMILES string of the molecule is C#CCSCCNCc1cc(C(=O)O)ccc1F. The molecule has 18 heavy (non-hydrogen) atoms. The Balaban J connectivity index is 2.44. The van der Waals surface area contributed by atoms with E-state index in [2.05, 4.69) is 11.2 Å². The van der Waals surface area contributed by atoms with Gasteiger partial charge in [0.25, 0.3) is 0 Å². The van der Waals surface area contributed by atoms with E-state index in [4.69, 9.17) is 11.5 Å². The zero-order valence-corrected chi connectivity index (χ0v) is 10.6. The van der Waals surface area contributed by atoms with Gasteiger partial charge in [-0.1, -0.05) is 5.92 Å². The van der Waals surface area contributed by atoms with Crippen molar-refractivity contribution in [2.24, 2.45) is 0 Å². The van der Waals surface area contributed by atoms with Crippen molar-refractivity contribution >= 4 is 17.7 Å². The third kappa shape index (κ3) is 4.78. The molecule has 1 aromatic carbocycles. The first-order chi connectivity index (χ1) is 8.65. The number of nitrogens with one attached hydrogen (secondary N) is 1. The van der Waals surface area contributed by atoms with Gasteiger partial charge in [-0.15, -0.1) is 18.2 Å². The highest BCUT2D eigenvalue weighted by Gasteiger charge is 2.07. The zero-order chi connectivity index (χ0) is 13.4. The predicted molar refractivity (Wildman–Crippen MR) is 71.2 cm³/mol. The highest BCUT2D eigenvalue weighted by molar-refractivity contribution is 7.99. The zero-order valence-electron chi connectivity index (χ0n) is 9.78. The number of thioether (sulfide) groups is 1. The Morgan fingerprint density at radius 1 is 1.56 bits per heavy atom. The quantitative estimate of drug-likeness (QED) is 0.586. The molecule has 0 fully saturated rings. The molecular weight excluding hydrogens is 253 g/mol. The van der Waals surface area contributed by atoms with Crippen LogP contribution in [0, 0.1) is 18.2 Å². The monoisotopic (exact) mass is 267 g/mol. The molecule has 0 aliphatic heterocycles. The number of hydrogen-bond acceptors (Lipinski definition) is 3. The van der Waals surface area contributed by atoms with E-state index >= 15 is 0 Å². The average molecular weight is 267 g/mol. The number of benzene rings is 1. The molecule has 0 amide bonds. The van der Waals surface area contributed by atoms with Gasteiger partial charge < -0.3 is 10.4 Å². The van der Waals surface area contributed by atoms with Crippen molar-refractivity contribution < 1.29 is 14.3 Å². The van der Waals surface area contributed by atoms with Crippen molar-refractivity contribution in [2.75, 3.05) is 18.1 Å². The number of hydrogen-bond donors (Lipinski definition) is 2. The highest BCUT2D eigenvalue weighted by Crippen LogP contribution is 2.10. The van der Waals surface area contributed by atoms with E-state index in [1.54, 1.807) is 11.8 Å². The van der Waals surface area contributed by atoms with Gasteiger partial charge >= 0.3 is 5.97 Å². The Morgan fingerprint density at radius 3 is 3.00 bits per heavy atom. The third-order valence-electron chi connectivity index (χ3n) is 2.22. The lowest BCUT2D eigenvalue weighted by molar-refractivity contribution is 0.0696. The molecule has 0 saturated heterocycles. The van der Waals surface area contributed by atoms with Gasteiger partial charge in [-0.2, -0.15) is 0 Å². The van der Waals surface area contributed by atoms with E-state index in [0.717, 1.165) is 5.75 Å². The molecule has 0 aliphatic carbocycles. The van der Waals surface area contributed by atoms with Crippen LogP contribution in [0.2, 0.25) is 0 Å². The largest absolute Gasteiger partial charge is 0.478 e. The summed E-state index contributed by atoms with van der Waals surface area (Å²) in [6.07, 6.45) is 5.10. The Kier molecular flexibility index (Phi) is 6.26. The molecule has 3 nitrogen and oxygen atoms in total. The van der Waals surface area contributed by atoms with Gasteiger partial charge in [0.15, 0.2) is 0 Å². The van der Waals surface area contributed by atoms with E-state index in [-0.39, 0.29) is 5.56 Å². The number of carbonyl (C=O) groups is 1. The summed E-state index contributed by atoms with van der Waals surface area (Å²) in [5.74, 6) is 2.56. The standard InChI is InChI=1S/C13H14FNO2S/c1-2-6-18-7-5-15-9-11-8-10(13(16)17)3-4-12(11)14/h1,3-4,8,15H,5-7,9H2,(H,16,17). The lowest BCUT2D eigenvalue weighted by Gasteiger charge is -2.06. The van der Waals surface area contributed by atoms with Crippen LogP contribution in [0.1, 0.15) is 15.9 Å². The van der Waals surface area contributed by atoms with Crippen molar-refractivity contribution in [1.82, 2.24) is 5.32 Å². The topological polar surface area (TPSA) is 49.3 Å². The molecule has 1 rings (SSSR count). The van der Waals surface area contributed by atoms with Gasteiger partial charge in [-0.25, -0.2) is 9.18 Å². The Labute approximate surface area is 110 Å². The Hall–Kier alpha value is -1.51. The summed E-state index contributed by atoms with van der Waals surface area (Å²) in [7, 11) is 0. The molecule has 0 heterocycles. The van der Waals surface area contributed by atoms with Crippen LogP contribution >= 0.6 is 11.8 Å². The molecule has 0 saturated carbocycles. The fraction of sp³-hybridized carbons (Fsp3) is 0.308. The Bertz CT molecular complexity index is 457. The molecule has 0 radical (unpaired) electrons. The number of halogens is 1. The first-order valence-electron chi connectivity index (χ1n) is 5.38. The number of aromatic carboxylic acids is 1. The summed E-state index contributed by atoms with van der Waals surface area (Å²) in [5.41, 5.74) is 0.451. The number of terminal acetylenes is 1. The van der Waals surface area contributed by atoms with Crippen LogP contribution < -0.4 is 5.32 Å². The van der Waals surface area contributed by atoms with Gasteiger partial charge in [-0.3, -0.25) is 0 Å². The molecule has 0 unspecified atom stereocenters. The van der Waals surface area contributed by atoms with Crippen LogP contribution in [0.5, 0.6) is 0 Å². The van der Waals surface area contributed by atoms with Crippen molar-refractivity contribution in [3.63, 3.8) is 0 Å². The molecular formula is C13H14FNO2S. The highest BCUT2D eigenvalue weighted by atomic mass is 32.2. The molecule has 0 aliphatic rings. The molecule has 96 valence electrons. The maximum atomic E-state index is 13.4. The van der Waals surface area contributed by atoms with Gasteiger partial charge in [0, 0.05) is 24.4 Å². The van der Waals surface area contributed by atoms with Crippen molar-refractivity contribution in [3.05, 3.63) is 35.1 Å². The summed E-state index contributed by atoms with van der Waals surface area (Å²) in [6.45, 7) is 1.01. The number of rotatable bonds is 7. The molecule has 0 atom stereocenters. The van der Waals surface area contributed by atoms with Crippen molar-refractivity contribution in [2.45, 2.75) is 6.54 Å². The van der Waals surface area contributed by atoms with Gasteiger partial charge in [-0.05, 0) is 18.2 Å². The maximum absolute atomic E-state index is 13.4. The first kappa shape index (κ1) is 14.6. The van der Waals surface area contributed by atoms with Crippen LogP contribution in [0.4, 0.5) is 4.39 Å². The van der Waals surface area contributed by atoms with Crippen LogP contribution in [-0.4, -0.2) is 29.1 Å². The summed E-state index contributed by atoms with van der Waals surface area (Å²) in [4.78, 5) is 10.7. The van der Waals surface area contributed by atoms with Crippen LogP contribution in [0.15, 0.2) is 18.2 Å². The molecule has 0 spiro atoms. The van der Waals surface area contributed by atoms with E-state index in [1.165, 1.54) is 18.2 Å². The minimum absolute atomic E-state index is 0.0925. The molecule has 1 aromatic rings. The molecule has 0 bridgehead atoms. The minimum Gasteiger partial charge on any atom is -0.478 e. The van der Waals surface area contributed by atoms with E-state index in [0.29, 0.717) is 24.4 Å². The van der Waals surface area contributed by atoms with Crippen molar-refractivity contribution in [1.29, 1.82) is 0 Å². The van der Waals surface area contributed by atoms with Gasteiger partial charge in [0.2, 0.25) is 0 Å². The lowest BCUT2D eigenvalue weighted by Crippen LogP contribution is -2.18. The normalized spacial score (nSPS) is 10.0. The summed E-state index contributed by atoms with van der Waals surface area (Å²) < 4.78 is 13.4. The molecule has 2 N–H and O–H groups in total. The van der Waals surface area contributed by atoms with Crippen molar-refractivity contribution in [3.8, 4) is 12.3 Å². The molecule has 5 heteroatoms. The maximum Gasteiger partial charge on any atom is 0.335 e.